The molecule has 1 aliphatic heterocycles. The number of rotatable bonds is 4. The Labute approximate surface area is 139 Å². The van der Waals surface area contributed by atoms with Crippen molar-refractivity contribution in [1.82, 2.24) is 14.5 Å². The summed E-state index contributed by atoms with van der Waals surface area (Å²) in [5, 5.41) is 6.81. The fourth-order valence-corrected chi connectivity index (χ4v) is 3.46. The monoisotopic (exact) mass is 350 g/mol. The highest BCUT2D eigenvalue weighted by atomic mass is 32.2. The number of hydrogen-bond acceptors (Lipinski definition) is 5. The van der Waals surface area contributed by atoms with Crippen LogP contribution in [-0.4, -0.2) is 30.2 Å². The second-order valence-corrected chi connectivity index (χ2v) is 7.40. The summed E-state index contributed by atoms with van der Waals surface area (Å²) >= 11 is 0. The molecule has 9 heteroatoms. The van der Waals surface area contributed by atoms with E-state index in [1.807, 2.05) is 13.0 Å². The summed E-state index contributed by atoms with van der Waals surface area (Å²) in [5.41, 5.74) is 1.91. The van der Waals surface area contributed by atoms with Crippen molar-refractivity contribution in [1.29, 1.82) is 0 Å². The first-order valence-corrected chi connectivity index (χ1v) is 8.85. The maximum atomic E-state index is 12.5. The van der Waals surface area contributed by atoms with Gasteiger partial charge in [0.05, 0.1) is 28.5 Å². The Morgan fingerprint density at radius 1 is 1.38 bits per heavy atom. The Hall–Kier alpha value is -2.39. The zero-order valence-corrected chi connectivity index (χ0v) is 14.3. The number of ether oxygens (including phenoxy) is 1. The van der Waals surface area contributed by atoms with Gasteiger partial charge in [-0.05, 0) is 38.1 Å². The average molecular weight is 350 g/mol. The van der Waals surface area contributed by atoms with Crippen LogP contribution in [0.15, 0.2) is 29.2 Å². The predicted molar refractivity (Wildman–Crippen MR) is 87.1 cm³/mol. The van der Waals surface area contributed by atoms with E-state index in [1.54, 1.807) is 18.7 Å². The third-order valence-electron chi connectivity index (χ3n) is 3.73. The van der Waals surface area contributed by atoms with Crippen molar-refractivity contribution in [3.63, 3.8) is 0 Å². The summed E-state index contributed by atoms with van der Waals surface area (Å²) in [7, 11) is -1.97. The topological polar surface area (TPSA) is 102 Å². The minimum absolute atomic E-state index is 0.0543. The molecule has 2 aromatic rings. The molecule has 3 rings (SSSR count). The highest BCUT2D eigenvalue weighted by Crippen LogP contribution is 2.31. The Balaban J connectivity index is 1.81. The van der Waals surface area contributed by atoms with E-state index in [-0.39, 0.29) is 17.3 Å². The van der Waals surface area contributed by atoms with E-state index in [4.69, 9.17) is 4.74 Å². The first-order valence-electron chi connectivity index (χ1n) is 7.37. The molecule has 0 bridgehead atoms. The highest BCUT2D eigenvalue weighted by Gasteiger charge is 2.25. The average Bonchev–Trinajstić information content (AvgIpc) is 2.84. The molecular formula is C15H18N4O4S. The number of nitrogens with one attached hydrogen (secondary N) is 2. The number of carbonyl (C=O) groups excluding carboxylic acids is 1. The maximum Gasteiger partial charge on any atom is 0.265 e. The number of sulfonamides is 1. The van der Waals surface area contributed by atoms with Crippen LogP contribution < -0.4 is 14.8 Å². The number of aromatic nitrogens is 2. The Morgan fingerprint density at radius 2 is 2.12 bits per heavy atom. The van der Waals surface area contributed by atoms with Gasteiger partial charge in [-0.1, -0.05) is 0 Å². The molecule has 8 nitrogen and oxygen atoms in total. The van der Waals surface area contributed by atoms with Crippen LogP contribution in [0, 0.1) is 6.92 Å². The van der Waals surface area contributed by atoms with Crippen LogP contribution in [0.3, 0.4) is 0 Å². The highest BCUT2D eigenvalue weighted by molar-refractivity contribution is 7.89. The normalized spacial score (nSPS) is 17.1. The van der Waals surface area contributed by atoms with E-state index >= 15 is 0 Å². The van der Waals surface area contributed by atoms with E-state index in [2.05, 4.69) is 15.1 Å². The first kappa shape index (κ1) is 16.5. The molecule has 1 atom stereocenters. The van der Waals surface area contributed by atoms with Gasteiger partial charge in [-0.2, -0.15) is 5.10 Å². The molecule has 1 aromatic heterocycles. The van der Waals surface area contributed by atoms with Gasteiger partial charge >= 0.3 is 0 Å². The predicted octanol–water partition coefficient (Wildman–Crippen LogP) is 0.926. The molecule has 2 N–H and O–H groups in total. The fourth-order valence-electron chi connectivity index (χ4n) is 2.44. The van der Waals surface area contributed by atoms with Gasteiger partial charge in [0.2, 0.25) is 10.0 Å². The number of benzene rings is 1. The molecule has 0 radical (unpaired) electrons. The van der Waals surface area contributed by atoms with Crippen molar-refractivity contribution in [2.24, 2.45) is 7.05 Å². The molecule has 0 saturated carbocycles. The Bertz CT molecular complexity index is 904. The molecule has 24 heavy (non-hydrogen) atoms. The maximum absolute atomic E-state index is 12.5. The van der Waals surface area contributed by atoms with Gasteiger partial charge in [0, 0.05) is 7.05 Å². The van der Waals surface area contributed by atoms with Crippen LogP contribution in [0.1, 0.15) is 18.3 Å². The molecule has 1 aromatic carbocycles. The van der Waals surface area contributed by atoms with Gasteiger partial charge < -0.3 is 10.1 Å². The lowest BCUT2D eigenvalue weighted by atomic mass is 10.2. The molecule has 128 valence electrons. The molecule has 0 saturated heterocycles. The minimum Gasteiger partial charge on any atom is -0.479 e. The van der Waals surface area contributed by atoms with Gasteiger partial charge in [-0.25, -0.2) is 13.1 Å². The van der Waals surface area contributed by atoms with Crippen LogP contribution in [0.5, 0.6) is 5.75 Å². The summed E-state index contributed by atoms with van der Waals surface area (Å²) in [6, 6.07) is 6.18. The lowest BCUT2D eigenvalue weighted by molar-refractivity contribution is -0.122. The number of anilines is 1. The number of hydrogen-bond donors (Lipinski definition) is 2. The van der Waals surface area contributed by atoms with E-state index in [0.29, 0.717) is 11.4 Å². The van der Waals surface area contributed by atoms with Crippen molar-refractivity contribution in [2.75, 3.05) is 5.32 Å². The summed E-state index contributed by atoms with van der Waals surface area (Å²) in [5.74, 6) is 0.138. The molecule has 0 unspecified atom stereocenters. The van der Waals surface area contributed by atoms with Gasteiger partial charge in [0.15, 0.2) is 6.10 Å². The standard InChI is InChI=1S/C15H18N4O4S/c1-9-6-11(19(3)18-9)8-16-24(21,22)12-4-5-14-13(7-12)17-15(20)10(2)23-14/h4-7,10,16H,8H2,1-3H3,(H,17,20)/t10-/m0/s1. The smallest absolute Gasteiger partial charge is 0.265 e. The SMILES string of the molecule is Cc1cc(CNS(=O)(=O)c2ccc3c(c2)NC(=O)[C@H](C)O3)n(C)n1. The Kier molecular flexibility index (Phi) is 4.06. The number of fused-ring (bicyclic) bond motifs is 1. The molecule has 2 heterocycles. The lowest BCUT2D eigenvalue weighted by Crippen LogP contribution is -2.34. The van der Waals surface area contributed by atoms with Crippen LogP contribution in [0.2, 0.25) is 0 Å². The largest absolute Gasteiger partial charge is 0.479 e. The van der Waals surface area contributed by atoms with E-state index in [1.165, 1.54) is 18.2 Å². The van der Waals surface area contributed by atoms with Crippen molar-refractivity contribution in [3.8, 4) is 5.75 Å². The molecule has 0 aliphatic carbocycles. The summed E-state index contributed by atoms with van der Waals surface area (Å²) in [6.07, 6.45) is -0.605. The fraction of sp³-hybridized carbons (Fsp3) is 0.333. The molecule has 1 aliphatic rings. The van der Waals surface area contributed by atoms with E-state index in [9.17, 15) is 13.2 Å². The zero-order valence-electron chi connectivity index (χ0n) is 13.5. The third-order valence-corrected chi connectivity index (χ3v) is 5.13. The lowest BCUT2D eigenvalue weighted by Gasteiger charge is -2.23. The van der Waals surface area contributed by atoms with Crippen LogP contribution in [0.4, 0.5) is 5.69 Å². The van der Waals surface area contributed by atoms with Crippen molar-refractivity contribution in [3.05, 3.63) is 35.7 Å². The number of carbonyl (C=O) groups is 1. The number of aryl methyl sites for hydroxylation is 2. The summed E-state index contributed by atoms with van der Waals surface area (Å²) in [6.45, 7) is 3.59. The zero-order chi connectivity index (χ0) is 17.5. The molecule has 0 spiro atoms. The quantitative estimate of drug-likeness (QED) is 0.854. The van der Waals surface area contributed by atoms with E-state index < -0.39 is 16.1 Å². The minimum atomic E-state index is -3.73. The van der Waals surface area contributed by atoms with Crippen LogP contribution >= 0.6 is 0 Å². The van der Waals surface area contributed by atoms with Crippen LogP contribution in [-0.2, 0) is 28.4 Å². The van der Waals surface area contributed by atoms with Crippen molar-refractivity contribution in [2.45, 2.75) is 31.4 Å². The van der Waals surface area contributed by atoms with Crippen LogP contribution in [0.25, 0.3) is 0 Å². The second-order valence-electron chi connectivity index (χ2n) is 5.63. The third kappa shape index (κ3) is 3.13. The van der Waals surface area contributed by atoms with E-state index in [0.717, 1.165) is 11.4 Å². The number of amides is 1. The molecular weight excluding hydrogens is 332 g/mol. The van der Waals surface area contributed by atoms with Crippen molar-refractivity contribution >= 4 is 21.6 Å². The molecule has 1 amide bonds. The number of nitrogens with zero attached hydrogens (tertiary/aromatic N) is 2. The second kappa shape index (κ2) is 5.91. The van der Waals surface area contributed by atoms with Gasteiger partial charge in [-0.15, -0.1) is 0 Å². The summed E-state index contributed by atoms with van der Waals surface area (Å²) in [4.78, 5) is 11.7. The van der Waals surface area contributed by atoms with Gasteiger partial charge in [-0.3, -0.25) is 9.48 Å². The van der Waals surface area contributed by atoms with Crippen molar-refractivity contribution < 1.29 is 17.9 Å². The summed E-state index contributed by atoms with van der Waals surface area (Å²) < 4.78 is 34.5. The first-order chi connectivity index (χ1) is 11.3. The molecule has 0 fully saturated rings. The van der Waals surface area contributed by atoms with Gasteiger partial charge in [0.25, 0.3) is 5.91 Å². The Morgan fingerprint density at radius 3 is 2.79 bits per heavy atom. The van der Waals surface area contributed by atoms with Gasteiger partial charge in [0.1, 0.15) is 5.75 Å².